The van der Waals surface area contributed by atoms with E-state index in [0.29, 0.717) is 13.2 Å². The molecule has 0 radical (unpaired) electrons. The molecule has 0 amide bonds. The molecule has 0 saturated heterocycles. The molecule has 0 bridgehead atoms. The monoisotopic (exact) mass is 370 g/mol. The first-order chi connectivity index (χ1) is 13.8. The molecule has 28 heavy (non-hydrogen) atoms. The number of fused-ring (bicyclic) bond motifs is 5. The van der Waals surface area contributed by atoms with Crippen molar-refractivity contribution in [2.45, 2.75) is 26.7 Å². The highest BCUT2D eigenvalue weighted by atomic mass is 16.5. The van der Waals surface area contributed by atoms with Crippen LogP contribution in [0.4, 0.5) is 0 Å². The smallest absolute Gasteiger partial charge is 0.145 e. The number of para-hydroxylation sites is 2. The van der Waals surface area contributed by atoms with E-state index in [-0.39, 0.29) is 0 Å². The lowest BCUT2D eigenvalue weighted by Crippen LogP contribution is -2.09. The maximum atomic E-state index is 5.82. The van der Waals surface area contributed by atoms with Gasteiger partial charge in [-0.3, -0.25) is 0 Å². The molecule has 0 unspecified atom stereocenters. The van der Waals surface area contributed by atoms with E-state index in [4.69, 9.17) is 19.4 Å². The normalized spacial score (nSPS) is 12.6. The number of aromatic nitrogens is 2. The molecule has 0 spiro atoms. The summed E-state index contributed by atoms with van der Waals surface area (Å²) in [7, 11) is 0. The maximum absolute atomic E-state index is 5.82. The predicted octanol–water partition coefficient (Wildman–Crippen LogP) is 5.35. The molecule has 0 atom stereocenters. The van der Waals surface area contributed by atoms with Gasteiger partial charge in [0.1, 0.15) is 22.5 Å². The minimum atomic E-state index is 0.620. The standard InChI is InChI=1S/C24H22N2O2/c1-3-27-19-9-5-7-15-13-17-11-12-18-14-16-8-6-10-20(28-4-2)22(16)26-24(18)23(17)25-21(15)19/h5-10,13-14H,3-4,11-12H2,1-2H3. The van der Waals surface area contributed by atoms with Crippen molar-refractivity contribution in [2.24, 2.45) is 0 Å². The van der Waals surface area contributed by atoms with Crippen molar-refractivity contribution in [1.29, 1.82) is 0 Å². The zero-order valence-electron chi connectivity index (χ0n) is 16.2. The summed E-state index contributed by atoms with van der Waals surface area (Å²) in [6, 6.07) is 16.7. The van der Waals surface area contributed by atoms with Crippen LogP contribution in [0.1, 0.15) is 25.0 Å². The third kappa shape index (κ3) is 2.68. The van der Waals surface area contributed by atoms with Crippen LogP contribution in [0.15, 0.2) is 48.5 Å². The van der Waals surface area contributed by atoms with Gasteiger partial charge in [-0.2, -0.15) is 0 Å². The van der Waals surface area contributed by atoms with E-state index < -0.39 is 0 Å². The summed E-state index contributed by atoms with van der Waals surface area (Å²) in [4.78, 5) is 10.1. The topological polar surface area (TPSA) is 44.2 Å². The van der Waals surface area contributed by atoms with Crippen LogP contribution in [0, 0.1) is 0 Å². The molecule has 0 saturated carbocycles. The molecule has 4 nitrogen and oxygen atoms in total. The highest BCUT2D eigenvalue weighted by molar-refractivity contribution is 5.91. The Morgan fingerprint density at radius 1 is 0.714 bits per heavy atom. The highest BCUT2D eigenvalue weighted by Gasteiger charge is 2.22. The molecule has 2 aromatic carbocycles. The van der Waals surface area contributed by atoms with Gasteiger partial charge in [0.15, 0.2) is 0 Å². The quantitative estimate of drug-likeness (QED) is 0.486. The summed E-state index contributed by atoms with van der Waals surface area (Å²) in [5, 5.41) is 2.23. The number of hydrogen-bond acceptors (Lipinski definition) is 4. The van der Waals surface area contributed by atoms with Crippen LogP contribution in [0.3, 0.4) is 0 Å². The zero-order chi connectivity index (χ0) is 19.1. The average molecular weight is 370 g/mol. The largest absolute Gasteiger partial charge is 0.492 e. The Kier molecular flexibility index (Phi) is 4.12. The summed E-state index contributed by atoms with van der Waals surface area (Å²) in [6.45, 7) is 5.23. The predicted molar refractivity (Wildman–Crippen MR) is 112 cm³/mol. The van der Waals surface area contributed by atoms with Gasteiger partial charge < -0.3 is 9.47 Å². The van der Waals surface area contributed by atoms with Crippen LogP contribution in [0.25, 0.3) is 33.2 Å². The number of ether oxygens (including phenoxy) is 2. The summed E-state index contributed by atoms with van der Waals surface area (Å²) in [6.07, 6.45) is 1.95. The van der Waals surface area contributed by atoms with Crippen LogP contribution in [0.5, 0.6) is 11.5 Å². The van der Waals surface area contributed by atoms with Gasteiger partial charge >= 0.3 is 0 Å². The van der Waals surface area contributed by atoms with Gasteiger partial charge in [-0.05, 0) is 62.1 Å². The lowest BCUT2D eigenvalue weighted by atomic mass is 9.90. The summed E-state index contributed by atoms with van der Waals surface area (Å²) >= 11 is 0. The molecule has 0 aliphatic heterocycles. The van der Waals surface area contributed by atoms with Crippen LogP contribution < -0.4 is 9.47 Å². The first kappa shape index (κ1) is 17.0. The van der Waals surface area contributed by atoms with Crippen molar-refractivity contribution in [3.63, 3.8) is 0 Å². The number of hydrogen-bond donors (Lipinski definition) is 0. The van der Waals surface area contributed by atoms with Gasteiger partial charge in [-0.15, -0.1) is 0 Å². The Labute approximate surface area is 164 Å². The molecule has 4 heteroatoms. The molecular formula is C24H22N2O2. The number of nitrogens with zero attached hydrogens (tertiary/aromatic N) is 2. The summed E-state index contributed by atoms with van der Waals surface area (Å²) in [5.74, 6) is 1.65. The minimum Gasteiger partial charge on any atom is -0.492 e. The zero-order valence-corrected chi connectivity index (χ0v) is 16.2. The number of pyridine rings is 2. The molecule has 4 aromatic rings. The number of rotatable bonds is 4. The van der Waals surface area contributed by atoms with E-state index in [0.717, 1.165) is 57.5 Å². The van der Waals surface area contributed by atoms with Crippen molar-refractivity contribution >= 4 is 21.8 Å². The van der Waals surface area contributed by atoms with Gasteiger partial charge in [0.25, 0.3) is 0 Å². The van der Waals surface area contributed by atoms with Crippen molar-refractivity contribution in [1.82, 2.24) is 9.97 Å². The molecule has 0 N–H and O–H groups in total. The Morgan fingerprint density at radius 3 is 1.61 bits per heavy atom. The van der Waals surface area contributed by atoms with Crippen molar-refractivity contribution in [3.8, 4) is 22.9 Å². The van der Waals surface area contributed by atoms with Gasteiger partial charge in [0, 0.05) is 10.8 Å². The highest BCUT2D eigenvalue weighted by Crippen LogP contribution is 2.37. The van der Waals surface area contributed by atoms with E-state index in [1.165, 1.54) is 11.1 Å². The summed E-state index contributed by atoms with van der Waals surface area (Å²) < 4.78 is 11.6. The van der Waals surface area contributed by atoms with Gasteiger partial charge in [0.05, 0.1) is 24.6 Å². The molecule has 2 aromatic heterocycles. The van der Waals surface area contributed by atoms with E-state index in [9.17, 15) is 0 Å². The lowest BCUT2D eigenvalue weighted by Gasteiger charge is -2.20. The van der Waals surface area contributed by atoms with E-state index >= 15 is 0 Å². The SMILES string of the molecule is CCOc1cccc2cc3c(nc12)-c1nc2c(OCC)cccc2cc1CC3. The second kappa shape index (κ2) is 6.79. The maximum Gasteiger partial charge on any atom is 0.145 e. The van der Waals surface area contributed by atoms with Crippen molar-refractivity contribution < 1.29 is 9.47 Å². The van der Waals surface area contributed by atoms with Crippen LogP contribution in [-0.2, 0) is 12.8 Å². The van der Waals surface area contributed by atoms with E-state index in [2.05, 4.69) is 24.3 Å². The molecule has 1 aliphatic rings. The van der Waals surface area contributed by atoms with E-state index in [1.54, 1.807) is 0 Å². The van der Waals surface area contributed by atoms with Crippen LogP contribution in [0.2, 0.25) is 0 Å². The molecule has 0 fully saturated rings. The second-order valence-electron chi connectivity index (χ2n) is 7.01. The van der Waals surface area contributed by atoms with Crippen molar-refractivity contribution in [2.75, 3.05) is 13.2 Å². The summed E-state index contributed by atoms with van der Waals surface area (Å²) in [5.41, 5.74) is 6.22. The van der Waals surface area contributed by atoms with Crippen molar-refractivity contribution in [3.05, 3.63) is 59.7 Å². The Bertz CT molecular complexity index is 1110. The Hall–Kier alpha value is -3.14. The first-order valence-corrected chi connectivity index (χ1v) is 9.89. The van der Waals surface area contributed by atoms with Crippen LogP contribution >= 0.6 is 0 Å². The lowest BCUT2D eigenvalue weighted by molar-refractivity contribution is 0.343. The molecule has 2 heterocycles. The second-order valence-corrected chi connectivity index (χ2v) is 7.01. The van der Waals surface area contributed by atoms with E-state index in [1.807, 2.05) is 38.1 Å². The third-order valence-electron chi connectivity index (χ3n) is 5.26. The Balaban J connectivity index is 1.76. The molecule has 1 aliphatic carbocycles. The fourth-order valence-corrected chi connectivity index (χ4v) is 4.03. The fourth-order valence-electron chi connectivity index (χ4n) is 4.03. The third-order valence-corrected chi connectivity index (χ3v) is 5.26. The van der Waals surface area contributed by atoms with Gasteiger partial charge in [0.2, 0.25) is 0 Å². The Morgan fingerprint density at radius 2 is 1.18 bits per heavy atom. The molecule has 5 rings (SSSR count). The van der Waals surface area contributed by atoms with Gasteiger partial charge in [-0.1, -0.05) is 24.3 Å². The molecular weight excluding hydrogens is 348 g/mol. The van der Waals surface area contributed by atoms with Crippen LogP contribution in [-0.4, -0.2) is 23.2 Å². The number of benzene rings is 2. The first-order valence-electron chi connectivity index (χ1n) is 9.89. The number of aryl methyl sites for hydroxylation is 2. The van der Waals surface area contributed by atoms with Gasteiger partial charge in [-0.25, -0.2) is 9.97 Å². The minimum absolute atomic E-state index is 0.620. The fraction of sp³-hybridized carbons (Fsp3) is 0.250. The molecule has 140 valence electrons. The average Bonchev–Trinajstić information content (AvgIpc) is 2.72.